The van der Waals surface area contributed by atoms with Crippen molar-refractivity contribution in [3.8, 4) is 0 Å². The van der Waals surface area contributed by atoms with E-state index >= 15 is 0 Å². The molecule has 0 atom stereocenters. The van der Waals surface area contributed by atoms with Crippen LogP contribution in [0.1, 0.15) is 32.3 Å². The van der Waals surface area contributed by atoms with E-state index in [0.717, 1.165) is 17.6 Å². The van der Waals surface area contributed by atoms with Gasteiger partial charge in [-0.3, -0.25) is 0 Å². The van der Waals surface area contributed by atoms with Crippen LogP contribution in [0.15, 0.2) is 22.7 Å². The maximum absolute atomic E-state index is 3.60. The summed E-state index contributed by atoms with van der Waals surface area (Å²) in [6.45, 7) is 10.1. The molecule has 1 aromatic carbocycles. The van der Waals surface area contributed by atoms with Crippen LogP contribution in [0.3, 0.4) is 0 Å². The Morgan fingerprint density at radius 2 is 2.00 bits per heavy atom. The van der Waals surface area contributed by atoms with Crippen molar-refractivity contribution in [2.45, 2.75) is 39.3 Å². The fourth-order valence-electron chi connectivity index (χ4n) is 2.77. The van der Waals surface area contributed by atoms with Gasteiger partial charge >= 0.3 is 0 Å². The number of hydrogen-bond acceptors (Lipinski definition) is 3. The fraction of sp³-hybridized carbons (Fsp3) is 0.647. The molecule has 118 valence electrons. The third kappa shape index (κ3) is 5.28. The van der Waals surface area contributed by atoms with Gasteiger partial charge in [0.15, 0.2) is 0 Å². The summed E-state index contributed by atoms with van der Waals surface area (Å²) < 4.78 is 1.15. The van der Waals surface area contributed by atoms with Gasteiger partial charge in [-0.05, 0) is 43.6 Å². The predicted octanol–water partition coefficient (Wildman–Crippen LogP) is 3.48. The molecule has 4 heteroatoms. The minimum Gasteiger partial charge on any atom is -0.373 e. The van der Waals surface area contributed by atoms with Gasteiger partial charge < -0.3 is 15.1 Å². The minimum atomic E-state index is 0.511. The number of benzene rings is 1. The minimum absolute atomic E-state index is 0.511. The van der Waals surface area contributed by atoms with Gasteiger partial charge in [-0.25, -0.2) is 0 Å². The molecule has 1 aliphatic rings. The number of likely N-dealkylation sites (tertiary alicyclic amines) is 1. The largest absolute Gasteiger partial charge is 0.373 e. The van der Waals surface area contributed by atoms with Crippen LogP contribution in [0.4, 0.5) is 5.69 Å². The highest BCUT2D eigenvalue weighted by molar-refractivity contribution is 9.10. The van der Waals surface area contributed by atoms with Crippen LogP contribution < -0.4 is 10.2 Å². The third-order valence-electron chi connectivity index (χ3n) is 4.11. The summed E-state index contributed by atoms with van der Waals surface area (Å²) in [4.78, 5) is 4.96. The Morgan fingerprint density at radius 3 is 2.67 bits per heavy atom. The lowest BCUT2D eigenvalue weighted by atomic mass is 10.1. The van der Waals surface area contributed by atoms with Gasteiger partial charge in [-0.1, -0.05) is 35.8 Å². The lowest BCUT2D eigenvalue weighted by molar-refractivity contribution is 0.346. The lowest BCUT2D eigenvalue weighted by Gasteiger charge is -2.26. The van der Waals surface area contributed by atoms with Crippen molar-refractivity contribution in [2.75, 3.05) is 38.1 Å². The Balaban J connectivity index is 1.99. The molecule has 1 aromatic rings. The van der Waals surface area contributed by atoms with Crippen LogP contribution in [0.5, 0.6) is 0 Å². The van der Waals surface area contributed by atoms with Crippen molar-refractivity contribution < 1.29 is 0 Å². The van der Waals surface area contributed by atoms with Crippen LogP contribution in [0.25, 0.3) is 0 Å². The van der Waals surface area contributed by atoms with Crippen molar-refractivity contribution in [3.63, 3.8) is 0 Å². The SMILES string of the molecule is CC(C)NCc1ccc(Br)cc1N(C)CCN1CCCC1. The Hall–Kier alpha value is -0.580. The highest BCUT2D eigenvalue weighted by atomic mass is 79.9. The van der Waals surface area contributed by atoms with Gasteiger partial charge in [0.2, 0.25) is 0 Å². The molecule has 0 spiro atoms. The van der Waals surface area contributed by atoms with Crippen LogP contribution in [0.2, 0.25) is 0 Å². The number of anilines is 1. The summed E-state index contributed by atoms with van der Waals surface area (Å²) in [6.07, 6.45) is 2.73. The zero-order valence-corrected chi connectivity index (χ0v) is 15.1. The molecule has 0 radical (unpaired) electrons. The van der Waals surface area contributed by atoms with Crippen LogP contribution in [0, 0.1) is 0 Å². The quantitative estimate of drug-likeness (QED) is 0.809. The molecule has 0 unspecified atom stereocenters. The Labute approximate surface area is 137 Å². The van der Waals surface area contributed by atoms with E-state index in [1.807, 2.05) is 0 Å². The second kappa shape index (κ2) is 8.16. The molecule has 1 N–H and O–H groups in total. The van der Waals surface area contributed by atoms with Crippen molar-refractivity contribution in [3.05, 3.63) is 28.2 Å². The highest BCUT2D eigenvalue weighted by Gasteiger charge is 2.13. The van der Waals surface area contributed by atoms with Gasteiger partial charge in [0.25, 0.3) is 0 Å². The molecule has 1 heterocycles. The first-order valence-electron chi connectivity index (χ1n) is 8.01. The summed E-state index contributed by atoms with van der Waals surface area (Å²) in [7, 11) is 2.21. The molecule has 1 saturated heterocycles. The number of rotatable bonds is 7. The summed E-state index contributed by atoms with van der Waals surface area (Å²) in [5, 5.41) is 3.52. The second-order valence-corrected chi connectivity index (χ2v) is 7.19. The van der Waals surface area contributed by atoms with Gasteiger partial charge in [0.1, 0.15) is 0 Å². The molecule has 0 aromatic heterocycles. The van der Waals surface area contributed by atoms with Crippen molar-refractivity contribution in [2.24, 2.45) is 0 Å². The van der Waals surface area contributed by atoms with Gasteiger partial charge in [0.05, 0.1) is 0 Å². The van der Waals surface area contributed by atoms with Crippen molar-refractivity contribution >= 4 is 21.6 Å². The van der Waals surface area contributed by atoms with E-state index in [1.54, 1.807) is 0 Å². The first-order chi connectivity index (χ1) is 10.1. The molecule has 0 saturated carbocycles. The zero-order valence-electron chi connectivity index (χ0n) is 13.5. The molecule has 21 heavy (non-hydrogen) atoms. The molecule has 0 amide bonds. The number of nitrogens with zero attached hydrogens (tertiary/aromatic N) is 2. The maximum atomic E-state index is 3.60. The van der Waals surface area contributed by atoms with Crippen LogP contribution in [-0.2, 0) is 6.54 Å². The summed E-state index contributed by atoms with van der Waals surface area (Å²) >= 11 is 3.60. The number of hydrogen-bond donors (Lipinski definition) is 1. The topological polar surface area (TPSA) is 18.5 Å². The van der Waals surface area contributed by atoms with E-state index in [0.29, 0.717) is 6.04 Å². The summed E-state index contributed by atoms with van der Waals surface area (Å²) in [5.41, 5.74) is 2.70. The van der Waals surface area contributed by atoms with Gasteiger partial charge in [-0.2, -0.15) is 0 Å². The average molecular weight is 354 g/mol. The van der Waals surface area contributed by atoms with E-state index < -0.39 is 0 Å². The number of halogens is 1. The predicted molar refractivity (Wildman–Crippen MR) is 95.1 cm³/mol. The van der Waals surface area contributed by atoms with E-state index in [2.05, 4.69) is 70.1 Å². The third-order valence-corrected chi connectivity index (χ3v) is 4.60. The standard InChI is InChI=1S/C17H28BrN3/c1-14(2)19-13-15-6-7-16(18)12-17(15)20(3)10-11-21-8-4-5-9-21/h6-7,12,14,19H,4-5,8-11,13H2,1-3H3. The highest BCUT2D eigenvalue weighted by Crippen LogP contribution is 2.24. The molecule has 2 rings (SSSR count). The average Bonchev–Trinajstić information content (AvgIpc) is 2.96. The normalized spacial score (nSPS) is 15.9. The zero-order chi connectivity index (χ0) is 15.2. The monoisotopic (exact) mass is 353 g/mol. The van der Waals surface area contributed by atoms with Crippen molar-refractivity contribution in [1.29, 1.82) is 0 Å². The van der Waals surface area contributed by atoms with Crippen LogP contribution >= 0.6 is 15.9 Å². The van der Waals surface area contributed by atoms with Crippen molar-refractivity contribution in [1.82, 2.24) is 10.2 Å². The first-order valence-corrected chi connectivity index (χ1v) is 8.81. The van der Waals surface area contributed by atoms with Gasteiger partial charge in [0, 0.05) is 42.9 Å². The Kier molecular flexibility index (Phi) is 6.52. The molecular formula is C17H28BrN3. The van der Waals surface area contributed by atoms with E-state index in [9.17, 15) is 0 Å². The first kappa shape index (κ1) is 16.8. The van der Waals surface area contributed by atoms with E-state index in [-0.39, 0.29) is 0 Å². The molecule has 0 aliphatic carbocycles. The smallest absolute Gasteiger partial charge is 0.0421 e. The molecule has 0 bridgehead atoms. The van der Waals surface area contributed by atoms with Gasteiger partial charge in [-0.15, -0.1) is 0 Å². The molecular weight excluding hydrogens is 326 g/mol. The molecule has 1 aliphatic heterocycles. The Bertz CT molecular complexity index is 442. The Morgan fingerprint density at radius 1 is 1.29 bits per heavy atom. The van der Waals surface area contributed by atoms with E-state index in [4.69, 9.17) is 0 Å². The summed E-state index contributed by atoms with van der Waals surface area (Å²) in [5.74, 6) is 0. The second-order valence-electron chi connectivity index (χ2n) is 6.28. The lowest BCUT2D eigenvalue weighted by Crippen LogP contribution is -2.32. The maximum Gasteiger partial charge on any atom is 0.0421 e. The fourth-order valence-corrected chi connectivity index (χ4v) is 3.12. The number of likely N-dealkylation sites (N-methyl/N-ethyl adjacent to an activating group) is 1. The number of nitrogens with one attached hydrogen (secondary N) is 1. The van der Waals surface area contributed by atoms with E-state index in [1.165, 1.54) is 43.7 Å². The van der Waals surface area contributed by atoms with Crippen LogP contribution in [-0.4, -0.2) is 44.2 Å². The molecule has 1 fully saturated rings. The molecule has 3 nitrogen and oxygen atoms in total. The summed E-state index contributed by atoms with van der Waals surface area (Å²) in [6, 6.07) is 7.11.